The molecule has 5 N–H and O–H groups in total. The summed E-state index contributed by atoms with van der Waals surface area (Å²) in [5.41, 5.74) is 5.26. The summed E-state index contributed by atoms with van der Waals surface area (Å²) in [5.74, 6) is -1.73. The molecule has 1 unspecified atom stereocenters. The van der Waals surface area contributed by atoms with E-state index in [9.17, 15) is 15.0 Å². The van der Waals surface area contributed by atoms with Gasteiger partial charge in [-0.25, -0.2) is 0 Å². The van der Waals surface area contributed by atoms with Gasteiger partial charge in [-0.15, -0.1) is 0 Å². The number of aliphatic carboxylic acids is 1. The van der Waals surface area contributed by atoms with Crippen LogP contribution in [0.15, 0.2) is 16.6 Å². The summed E-state index contributed by atoms with van der Waals surface area (Å²) in [6.45, 7) is 0. The Morgan fingerprint density at radius 1 is 1.36 bits per heavy atom. The number of hydrogen-bond donors (Lipinski definition) is 4. The van der Waals surface area contributed by atoms with Crippen molar-refractivity contribution in [2.75, 3.05) is 0 Å². The van der Waals surface area contributed by atoms with Gasteiger partial charge in [0.1, 0.15) is 17.5 Å². The van der Waals surface area contributed by atoms with Gasteiger partial charge in [0, 0.05) is 5.56 Å². The number of carboxylic acids is 1. The highest BCUT2D eigenvalue weighted by molar-refractivity contribution is 9.10. The Hall–Kier alpha value is -1.27. The molecule has 0 aliphatic rings. The predicted molar refractivity (Wildman–Crippen MR) is 52.0 cm³/mol. The average molecular weight is 262 g/mol. The molecule has 5 nitrogen and oxygen atoms in total. The standard InChI is InChI=1S/C8H8BrNO4/c9-6-4(12)2-1-3(11)5(6)7(10)8(13)14/h1-2,7,11-12H,10H2,(H,13,14). The van der Waals surface area contributed by atoms with E-state index in [4.69, 9.17) is 10.8 Å². The Balaban J connectivity index is 3.32. The first kappa shape index (κ1) is 10.8. The van der Waals surface area contributed by atoms with E-state index < -0.39 is 12.0 Å². The van der Waals surface area contributed by atoms with E-state index >= 15 is 0 Å². The zero-order valence-corrected chi connectivity index (χ0v) is 8.52. The van der Waals surface area contributed by atoms with Gasteiger partial charge in [0.15, 0.2) is 0 Å². The molecule has 0 bridgehead atoms. The number of phenolic OH excluding ortho intramolecular Hbond substituents is 2. The van der Waals surface area contributed by atoms with E-state index in [1.807, 2.05) is 0 Å². The first-order valence-electron chi connectivity index (χ1n) is 3.64. The van der Waals surface area contributed by atoms with Gasteiger partial charge >= 0.3 is 5.97 Å². The van der Waals surface area contributed by atoms with Crippen molar-refractivity contribution >= 4 is 21.9 Å². The first-order chi connectivity index (χ1) is 6.45. The number of carboxylic acid groups (broad SMARTS) is 1. The third kappa shape index (κ3) is 1.80. The van der Waals surface area contributed by atoms with E-state index in [2.05, 4.69) is 15.9 Å². The second-order valence-electron chi connectivity index (χ2n) is 2.65. The zero-order chi connectivity index (χ0) is 10.9. The van der Waals surface area contributed by atoms with Gasteiger partial charge in [-0.3, -0.25) is 4.79 Å². The van der Waals surface area contributed by atoms with E-state index in [1.165, 1.54) is 12.1 Å². The Kier molecular flexibility index (Phi) is 2.97. The summed E-state index contributed by atoms with van der Waals surface area (Å²) in [5, 5.41) is 27.2. The van der Waals surface area contributed by atoms with Crippen LogP contribution in [0.2, 0.25) is 0 Å². The lowest BCUT2D eigenvalue weighted by Crippen LogP contribution is -2.21. The summed E-state index contributed by atoms with van der Waals surface area (Å²) in [6.07, 6.45) is 0. The van der Waals surface area contributed by atoms with Crippen molar-refractivity contribution in [3.8, 4) is 11.5 Å². The topological polar surface area (TPSA) is 104 Å². The smallest absolute Gasteiger partial charge is 0.325 e. The molecule has 1 aromatic rings. The van der Waals surface area contributed by atoms with Crippen molar-refractivity contribution < 1.29 is 20.1 Å². The molecule has 6 heteroatoms. The van der Waals surface area contributed by atoms with Gasteiger partial charge in [0.05, 0.1) is 4.47 Å². The highest BCUT2D eigenvalue weighted by Crippen LogP contribution is 2.36. The number of aromatic hydroxyl groups is 2. The van der Waals surface area contributed by atoms with E-state index in [1.54, 1.807) is 0 Å². The molecule has 0 aliphatic carbocycles. The number of nitrogens with two attached hydrogens (primary N) is 1. The molecule has 0 spiro atoms. The quantitative estimate of drug-likeness (QED) is 0.594. The van der Waals surface area contributed by atoms with Crippen LogP contribution in [0, 0.1) is 0 Å². The lowest BCUT2D eigenvalue weighted by molar-refractivity contribution is -0.138. The van der Waals surface area contributed by atoms with Crippen LogP contribution in [0.5, 0.6) is 11.5 Å². The van der Waals surface area contributed by atoms with E-state index in [0.717, 1.165) is 0 Å². The molecule has 1 rings (SSSR count). The molecule has 0 fully saturated rings. The average Bonchev–Trinajstić information content (AvgIpc) is 2.12. The second kappa shape index (κ2) is 3.85. The highest BCUT2D eigenvalue weighted by Gasteiger charge is 2.22. The molecular formula is C8H8BrNO4. The third-order valence-corrected chi connectivity index (χ3v) is 2.55. The minimum absolute atomic E-state index is 0.0440. The Morgan fingerprint density at radius 3 is 2.36 bits per heavy atom. The van der Waals surface area contributed by atoms with Crippen molar-refractivity contribution in [3.05, 3.63) is 22.2 Å². The van der Waals surface area contributed by atoms with Gasteiger partial charge in [0.2, 0.25) is 0 Å². The summed E-state index contributed by atoms with van der Waals surface area (Å²) in [4.78, 5) is 10.6. The number of hydrogen-bond acceptors (Lipinski definition) is 4. The third-order valence-electron chi connectivity index (χ3n) is 1.71. The van der Waals surface area contributed by atoms with Crippen LogP contribution < -0.4 is 5.73 Å². The molecule has 1 aromatic carbocycles. The van der Waals surface area contributed by atoms with Gasteiger partial charge < -0.3 is 21.1 Å². The van der Waals surface area contributed by atoms with E-state index in [0.29, 0.717) is 0 Å². The maximum atomic E-state index is 10.6. The number of rotatable bonds is 2. The van der Waals surface area contributed by atoms with Crippen molar-refractivity contribution in [1.82, 2.24) is 0 Å². The van der Waals surface area contributed by atoms with Crippen LogP contribution in [0.3, 0.4) is 0 Å². The normalized spacial score (nSPS) is 12.4. The Morgan fingerprint density at radius 2 is 1.86 bits per heavy atom. The van der Waals surface area contributed by atoms with Crippen LogP contribution in [0.1, 0.15) is 11.6 Å². The molecule has 76 valence electrons. The van der Waals surface area contributed by atoms with Crippen molar-refractivity contribution in [2.45, 2.75) is 6.04 Å². The highest BCUT2D eigenvalue weighted by atomic mass is 79.9. The number of halogens is 1. The van der Waals surface area contributed by atoms with Crippen molar-refractivity contribution in [3.63, 3.8) is 0 Å². The SMILES string of the molecule is NC(C(=O)O)c1c(O)ccc(O)c1Br. The monoisotopic (exact) mass is 261 g/mol. The fourth-order valence-corrected chi connectivity index (χ4v) is 1.57. The molecule has 1 atom stereocenters. The fourth-order valence-electron chi connectivity index (χ4n) is 0.991. The molecule has 0 amide bonds. The largest absolute Gasteiger partial charge is 0.508 e. The lowest BCUT2D eigenvalue weighted by atomic mass is 10.1. The molecule has 0 saturated heterocycles. The molecule has 0 aromatic heterocycles. The van der Waals surface area contributed by atoms with Crippen LogP contribution in [-0.4, -0.2) is 21.3 Å². The predicted octanol–water partition coefficient (Wildman–Crippen LogP) is 0.945. The molecular weight excluding hydrogens is 254 g/mol. The van der Waals surface area contributed by atoms with Gasteiger partial charge in [-0.2, -0.15) is 0 Å². The lowest BCUT2D eigenvalue weighted by Gasteiger charge is -2.12. The second-order valence-corrected chi connectivity index (χ2v) is 3.44. The minimum Gasteiger partial charge on any atom is -0.508 e. The minimum atomic E-state index is -1.38. The number of phenols is 2. The van der Waals surface area contributed by atoms with Crippen LogP contribution >= 0.6 is 15.9 Å². The molecule has 0 aliphatic heterocycles. The number of carbonyl (C=O) groups is 1. The zero-order valence-electron chi connectivity index (χ0n) is 6.94. The van der Waals surface area contributed by atoms with Crippen LogP contribution in [0.4, 0.5) is 0 Å². The Labute approximate surface area is 87.9 Å². The molecule has 14 heavy (non-hydrogen) atoms. The molecule has 0 heterocycles. The van der Waals surface area contributed by atoms with E-state index in [-0.39, 0.29) is 21.5 Å². The van der Waals surface area contributed by atoms with Gasteiger partial charge in [-0.1, -0.05) is 0 Å². The van der Waals surface area contributed by atoms with Crippen molar-refractivity contribution in [1.29, 1.82) is 0 Å². The summed E-state index contributed by atoms with van der Waals surface area (Å²) < 4.78 is 0.0902. The maximum Gasteiger partial charge on any atom is 0.325 e. The summed E-state index contributed by atoms with van der Waals surface area (Å²) in [7, 11) is 0. The Bertz CT molecular complexity index is 380. The molecule has 0 radical (unpaired) electrons. The fraction of sp³-hybridized carbons (Fsp3) is 0.125. The maximum absolute atomic E-state index is 10.6. The van der Waals surface area contributed by atoms with Gasteiger partial charge in [0.25, 0.3) is 0 Å². The van der Waals surface area contributed by atoms with Gasteiger partial charge in [-0.05, 0) is 28.1 Å². The van der Waals surface area contributed by atoms with Crippen molar-refractivity contribution in [2.24, 2.45) is 5.73 Å². The van der Waals surface area contributed by atoms with Crippen LogP contribution in [-0.2, 0) is 4.79 Å². The summed E-state index contributed by atoms with van der Waals surface area (Å²) in [6, 6.07) is 1.03. The molecule has 0 saturated carbocycles. The first-order valence-corrected chi connectivity index (χ1v) is 4.43. The summed E-state index contributed by atoms with van der Waals surface area (Å²) >= 11 is 2.95. The number of benzene rings is 1. The van der Waals surface area contributed by atoms with Crippen LogP contribution in [0.25, 0.3) is 0 Å².